The molecule has 1 aromatic carbocycles. The molecule has 0 radical (unpaired) electrons. The number of nitrogens with zero attached hydrogens (tertiary/aromatic N) is 1. The maximum absolute atomic E-state index is 12.0. The molecule has 1 amide bonds. The third-order valence-corrected chi connectivity index (χ3v) is 5.79. The minimum absolute atomic E-state index is 0.0678. The molecule has 1 aliphatic heterocycles. The molecule has 5 nitrogen and oxygen atoms in total. The van der Waals surface area contributed by atoms with Crippen molar-refractivity contribution in [1.29, 1.82) is 0 Å². The van der Waals surface area contributed by atoms with E-state index in [1.54, 1.807) is 0 Å². The monoisotopic (exact) mass is 344 g/mol. The quantitative estimate of drug-likeness (QED) is 0.905. The lowest BCUT2D eigenvalue weighted by Crippen LogP contribution is -2.51. The molecule has 0 spiro atoms. The molecule has 0 bridgehead atoms. The molecule has 2 rings (SSSR count). The normalized spacial score (nSPS) is 20.5. The molecule has 0 aromatic heterocycles. The van der Waals surface area contributed by atoms with E-state index in [2.05, 4.69) is 10.2 Å². The van der Waals surface area contributed by atoms with Crippen LogP contribution in [-0.2, 0) is 14.6 Å². The predicted molar refractivity (Wildman–Crippen MR) is 89.1 cm³/mol. The molecule has 0 unspecified atom stereocenters. The fourth-order valence-corrected chi connectivity index (χ4v) is 3.25. The van der Waals surface area contributed by atoms with Crippen LogP contribution in [0.2, 0.25) is 5.02 Å². The van der Waals surface area contributed by atoms with E-state index in [4.69, 9.17) is 11.6 Å². The molecule has 1 fully saturated rings. The fraction of sp³-hybridized carbons (Fsp3) is 0.533. The molecule has 122 valence electrons. The van der Waals surface area contributed by atoms with E-state index in [1.807, 2.05) is 24.3 Å². The van der Waals surface area contributed by atoms with Crippen molar-refractivity contribution in [3.8, 4) is 0 Å². The van der Waals surface area contributed by atoms with Crippen molar-refractivity contribution < 1.29 is 13.2 Å². The number of carbonyl (C=O) groups excluding carboxylic acids is 1. The van der Waals surface area contributed by atoms with Gasteiger partial charge < -0.3 is 10.2 Å². The number of rotatable bonds is 4. The Balaban J connectivity index is 2.03. The number of para-hydroxylation sites is 1. The number of amides is 1. The number of hydrogen-bond acceptors (Lipinski definition) is 4. The summed E-state index contributed by atoms with van der Waals surface area (Å²) in [5.41, 5.74) is 0.944. The van der Waals surface area contributed by atoms with Gasteiger partial charge in [0, 0.05) is 25.4 Å². The summed E-state index contributed by atoms with van der Waals surface area (Å²) in [6.07, 6.45) is 2.83. The molecule has 22 heavy (non-hydrogen) atoms. The topological polar surface area (TPSA) is 66.5 Å². The van der Waals surface area contributed by atoms with E-state index < -0.39 is 21.0 Å². The zero-order chi connectivity index (χ0) is 16.3. The Kier molecular flexibility index (Phi) is 5.34. The fourth-order valence-electron chi connectivity index (χ4n) is 2.53. The maximum Gasteiger partial charge on any atom is 0.238 e. The molecule has 1 saturated heterocycles. The van der Waals surface area contributed by atoms with Crippen LogP contribution >= 0.6 is 11.6 Å². The summed E-state index contributed by atoms with van der Waals surface area (Å²) in [5.74, 6) is -0.437. The van der Waals surface area contributed by atoms with Crippen LogP contribution in [0.3, 0.4) is 0 Å². The van der Waals surface area contributed by atoms with Gasteiger partial charge in [-0.3, -0.25) is 4.79 Å². The largest absolute Gasteiger partial charge is 0.368 e. The third kappa shape index (κ3) is 4.14. The summed E-state index contributed by atoms with van der Waals surface area (Å²) >= 11 is 6.21. The van der Waals surface area contributed by atoms with Gasteiger partial charge >= 0.3 is 0 Å². The van der Waals surface area contributed by atoms with Crippen molar-refractivity contribution in [3.63, 3.8) is 0 Å². The molecule has 1 N–H and O–H groups in total. The maximum atomic E-state index is 12.0. The van der Waals surface area contributed by atoms with Crippen LogP contribution in [0.4, 0.5) is 5.69 Å². The van der Waals surface area contributed by atoms with Crippen LogP contribution in [0.15, 0.2) is 24.3 Å². The van der Waals surface area contributed by atoms with Crippen molar-refractivity contribution in [2.24, 2.45) is 0 Å². The summed E-state index contributed by atoms with van der Waals surface area (Å²) in [4.78, 5) is 14.2. The Labute approximate surface area is 136 Å². The SMILES string of the molecule is C[C@H](C(=O)N[C@@H]1CCCN(c2ccccc2Cl)C1)S(C)(=O)=O. The minimum atomic E-state index is -3.37. The van der Waals surface area contributed by atoms with E-state index in [0.717, 1.165) is 31.3 Å². The second-order valence-corrected chi connectivity index (χ2v) is 8.49. The molecule has 0 saturated carbocycles. The van der Waals surface area contributed by atoms with Crippen LogP contribution in [0.1, 0.15) is 19.8 Å². The van der Waals surface area contributed by atoms with Crippen LogP contribution in [0.5, 0.6) is 0 Å². The molecule has 1 aromatic rings. The first-order chi connectivity index (χ1) is 10.3. The van der Waals surface area contributed by atoms with Gasteiger partial charge in [-0.2, -0.15) is 0 Å². The lowest BCUT2D eigenvalue weighted by atomic mass is 10.0. The first-order valence-electron chi connectivity index (χ1n) is 7.27. The number of nitrogens with one attached hydrogen (secondary N) is 1. The van der Waals surface area contributed by atoms with Crippen LogP contribution in [-0.4, -0.2) is 45.0 Å². The van der Waals surface area contributed by atoms with Gasteiger partial charge in [0.25, 0.3) is 0 Å². The standard InChI is InChI=1S/C15H21ClN2O3S/c1-11(22(2,20)21)15(19)17-12-6-5-9-18(10-12)14-8-4-3-7-13(14)16/h3-4,7-8,11-12H,5-6,9-10H2,1-2H3,(H,17,19)/t11-,12-/m1/s1. The highest BCUT2D eigenvalue weighted by atomic mass is 35.5. The Bertz CT molecular complexity index is 648. The van der Waals surface area contributed by atoms with Gasteiger partial charge in [0.1, 0.15) is 5.25 Å². The van der Waals surface area contributed by atoms with Crippen molar-refractivity contribution in [2.75, 3.05) is 24.2 Å². The van der Waals surface area contributed by atoms with Crippen molar-refractivity contribution in [2.45, 2.75) is 31.1 Å². The van der Waals surface area contributed by atoms with Gasteiger partial charge in [-0.15, -0.1) is 0 Å². The van der Waals surface area contributed by atoms with Crippen LogP contribution in [0.25, 0.3) is 0 Å². The lowest BCUT2D eigenvalue weighted by molar-refractivity contribution is -0.121. The van der Waals surface area contributed by atoms with E-state index in [9.17, 15) is 13.2 Å². The van der Waals surface area contributed by atoms with Gasteiger partial charge in [0.15, 0.2) is 9.84 Å². The van der Waals surface area contributed by atoms with Gasteiger partial charge in [-0.1, -0.05) is 23.7 Å². The molecule has 7 heteroatoms. The van der Waals surface area contributed by atoms with Crippen LogP contribution in [0, 0.1) is 0 Å². The Morgan fingerprint density at radius 1 is 1.41 bits per heavy atom. The second-order valence-electron chi connectivity index (χ2n) is 5.72. The summed E-state index contributed by atoms with van der Waals surface area (Å²) < 4.78 is 22.9. The van der Waals surface area contributed by atoms with Crippen LogP contribution < -0.4 is 10.2 Å². The van der Waals surface area contributed by atoms with Gasteiger partial charge in [-0.25, -0.2) is 8.42 Å². The molecule has 0 aliphatic carbocycles. The Hall–Kier alpha value is -1.27. The summed E-state index contributed by atoms with van der Waals surface area (Å²) in [6.45, 7) is 2.92. The summed E-state index contributed by atoms with van der Waals surface area (Å²) in [5, 5.41) is 2.50. The Morgan fingerprint density at radius 2 is 2.09 bits per heavy atom. The number of carbonyl (C=O) groups is 1. The molecular formula is C15H21ClN2O3S. The first kappa shape index (κ1) is 17.1. The van der Waals surface area contributed by atoms with Crippen molar-refractivity contribution >= 4 is 33.0 Å². The highest BCUT2D eigenvalue weighted by Gasteiger charge is 2.28. The first-order valence-corrected chi connectivity index (χ1v) is 9.61. The third-order valence-electron chi connectivity index (χ3n) is 3.97. The smallest absolute Gasteiger partial charge is 0.238 e. The van der Waals surface area contributed by atoms with Crippen molar-refractivity contribution in [3.05, 3.63) is 29.3 Å². The molecular weight excluding hydrogens is 324 g/mol. The second kappa shape index (κ2) is 6.87. The number of piperidine rings is 1. The Morgan fingerprint density at radius 3 is 2.73 bits per heavy atom. The number of benzene rings is 1. The average Bonchev–Trinajstić information content (AvgIpc) is 2.46. The van der Waals surface area contributed by atoms with E-state index in [0.29, 0.717) is 11.6 Å². The van der Waals surface area contributed by atoms with E-state index in [1.165, 1.54) is 6.92 Å². The highest BCUT2D eigenvalue weighted by Crippen LogP contribution is 2.27. The molecule has 1 aliphatic rings. The summed E-state index contributed by atoms with van der Waals surface area (Å²) in [6, 6.07) is 7.52. The zero-order valence-electron chi connectivity index (χ0n) is 12.8. The van der Waals surface area contributed by atoms with E-state index in [-0.39, 0.29) is 6.04 Å². The molecule has 2 atom stereocenters. The summed E-state index contributed by atoms with van der Waals surface area (Å²) in [7, 11) is -3.37. The average molecular weight is 345 g/mol. The lowest BCUT2D eigenvalue weighted by Gasteiger charge is -2.35. The van der Waals surface area contributed by atoms with Gasteiger partial charge in [0.05, 0.1) is 10.7 Å². The highest BCUT2D eigenvalue weighted by molar-refractivity contribution is 7.92. The minimum Gasteiger partial charge on any atom is -0.368 e. The number of anilines is 1. The predicted octanol–water partition coefficient (Wildman–Crippen LogP) is 1.86. The number of sulfone groups is 1. The molecule has 1 heterocycles. The zero-order valence-corrected chi connectivity index (χ0v) is 14.3. The van der Waals surface area contributed by atoms with Crippen molar-refractivity contribution in [1.82, 2.24) is 5.32 Å². The van der Waals surface area contributed by atoms with E-state index >= 15 is 0 Å². The van der Waals surface area contributed by atoms with Gasteiger partial charge in [0.2, 0.25) is 5.91 Å². The van der Waals surface area contributed by atoms with Gasteiger partial charge in [-0.05, 0) is 31.9 Å². The number of halogens is 1. The number of hydrogen-bond donors (Lipinski definition) is 1.